The molecule has 1 rings (SSSR count). The van der Waals surface area contributed by atoms with Crippen LogP contribution in [0.5, 0.6) is 0 Å². The van der Waals surface area contributed by atoms with Gasteiger partial charge in [-0.05, 0) is 46.6 Å². The highest BCUT2D eigenvalue weighted by atomic mass is 16.5. The van der Waals surface area contributed by atoms with Gasteiger partial charge in [-0.25, -0.2) is 0 Å². The predicted molar refractivity (Wildman–Crippen MR) is 78.0 cm³/mol. The summed E-state index contributed by atoms with van der Waals surface area (Å²) in [5, 5.41) is 3.59. The highest BCUT2D eigenvalue weighted by Gasteiger charge is 2.22. The van der Waals surface area contributed by atoms with Crippen LogP contribution in [0.15, 0.2) is 0 Å². The van der Waals surface area contributed by atoms with Crippen molar-refractivity contribution in [2.75, 3.05) is 33.9 Å². The summed E-state index contributed by atoms with van der Waals surface area (Å²) in [6.07, 6.45) is 5.68. The van der Waals surface area contributed by atoms with Crippen LogP contribution in [0.2, 0.25) is 0 Å². The first kappa shape index (κ1) is 15.9. The summed E-state index contributed by atoms with van der Waals surface area (Å²) < 4.78 is 5.37. The van der Waals surface area contributed by atoms with E-state index < -0.39 is 0 Å². The van der Waals surface area contributed by atoms with Gasteiger partial charge in [0, 0.05) is 31.8 Å². The van der Waals surface area contributed by atoms with Crippen molar-refractivity contribution in [3.8, 4) is 0 Å². The van der Waals surface area contributed by atoms with Crippen LogP contribution in [0.25, 0.3) is 0 Å². The Labute approximate surface area is 113 Å². The van der Waals surface area contributed by atoms with Crippen molar-refractivity contribution >= 4 is 0 Å². The van der Waals surface area contributed by atoms with Crippen molar-refractivity contribution in [1.29, 1.82) is 0 Å². The van der Waals surface area contributed by atoms with Crippen LogP contribution in [0, 0.1) is 5.92 Å². The first-order chi connectivity index (χ1) is 8.42. The lowest BCUT2D eigenvalue weighted by molar-refractivity contribution is 0.0920. The van der Waals surface area contributed by atoms with Gasteiger partial charge in [0.05, 0.1) is 6.61 Å². The van der Waals surface area contributed by atoms with E-state index in [-0.39, 0.29) is 5.54 Å². The van der Waals surface area contributed by atoms with Crippen LogP contribution in [0.4, 0.5) is 0 Å². The molecule has 0 spiro atoms. The third kappa shape index (κ3) is 6.17. The normalized spacial score (nSPS) is 19.7. The van der Waals surface area contributed by atoms with Crippen LogP contribution < -0.4 is 5.32 Å². The van der Waals surface area contributed by atoms with Gasteiger partial charge in [-0.3, -0.25) is 4.90 Å². The first-order valence-corrected chi connectivity index (χ1v) is 7.36. The molecule has 0 radical (unpaired) electrons. The van der Waals surface area contributed by atoms with Gasteiger partial charge in [0.25, 0.3) is 0 Å². The fourth-order valence-corrected chi connectivity index (χ4v) is 2.71. The van der Waals surface area contributed by atoms with Crippen molar-refractivity contribution in [3.63, 3.8) is 0 Å². The summed E-state index contributed by atoms with van der Waals surface area (Å²) >= 11 is 0. The number of methoxy groups -OCH3 is 1. The largest absolute Gasteiger partial charge is 0.383 e. The summed E-state index contributed by atoms with van der Waals surface area (Å²) in [5.41, 5.74) is 0.181. The average Bonchev–Trinajstić information content (AvgIpc) is 2.75. The lowest BCUT2D eigenvalue weighted by Crippen LogP contribution is -2.49. The van der Waals surface area contributed by atoms with E-state index in [1.54, 1.807) is 7.11 Å². The molecule has 1 unspecified atom stereocenters. The number of nitrogens with zero attached hydrogens (tertiary/aromatic N) is 1. The van der Waals surface area contributed by atoms with E-state index in [1.807, 2.05) is 0 Å². The molecular formula is C15H32N2O. The van der Waals surface area contributed by atoms with E-state index in [9.17, 15) is 0 Å². The lowest BCUT2D eigenvalue weighted by atomic mass is 10.1. The molecule has 0 aromatic rings. The van der Waals surface area contributed by atoms with Gasteiger partial charge >= 0.3 is 0 Å². The van der Waals surface area contributed by atoms with Gasteiger partial charge < -0.3 is 10.1 Å². The standard InChI is InChI=1S/C15H32N2O/c1-15(2,3)16-10-14(12-18-5)17(4)11-13-8-6-7-9-13/h13-14,16H,6-12H2,1-5H3. The molecule has 1 atom stereocenters. The zero-order valence-corrected chi connectivity index (χ0v) is 13.0. The third-order valence-electron chi connectivity index (χ3n) is 3.87. The Kier molecular flexibility index (Phi) is 6.61. The van der Waals surface area contributed by atoms with E-state index in [4.69, 9.17) is 4.74 Å². The van der Waals surface area contributed by atoms with Gasteiger partial charge in [0.1, 0.15) is 0 Å². The number of hydrogen-bond donors (Lipinski definition) is 1. The molecule has 1 fully saturated rings. The molecule has 1 aliphatic carbocycles. The van der Waals surface area contributed by atoms with Gasteiger partial charge in [-0.15, -0.1) is 0 Å². The number of hydrogen-bond acceptors (Lipinski definition) is 3. The Morgan fingerprint density at radius 2 is 1.89 bits per heavy atom. The summed E-state index contributed by atoms with van der Waals surface area (Å²) in [7, 11) is 4.04. The van der Waals surface area contributed by atoms with Crippen molar-refractivity contribution < 1.29 is 4.74 Å². The SMILES string of the molecule is COCC(CNC(C)(C)C)N(C)CC1CCCC1. The second-order valence-corrected chi connectivity index (χ2v) is 6.83. The first-order valence-electron chi connectivity index (χ1n) is 7.36. The summed E-state index contributed by atoms with van der Waals surface area (Å²) in [4.78, 5) is 2.48. The molecule has 1 N–H and O–H groups in total. The average molecular weight is 256 g/mol. The molecule has 0 saturated heterocycles. The quantitative estimate of drug-likeness (QED) is 0.757. The van der Waals surface area contributed by atoms with Crippen LogP contribution in [-0.2, 0) is 4.74 Å². The highest BCUT2D eigenvalue weighted by Crippen LogP contribution is 2.25. The van der Waals surface area contributed by atoms with Gasteiger partial charge in [-0.1, -0.05) is 12.8 Å². The Hall–Kier alpha value is -0.120. The monoisotopic (exact) mass is 256 g/mol. The Morgan fingerprint density at radius 3 is 2.39 bits per heavy atom. The number of nitrogens with one attached hydrogen (secondary N) is 1. The lowest BCUT2D eigenvalue weighted by Gasteiger charge is -2.32. The molecule has 1 aliphatic rings. The second-order valence-electron chi connectivity index (χ2n) is 6.83. The molecule has 0 amide bonds. The van der Waals surface area contributed by atoms with Gasteiger partial charge in [0.2, 0.25) is 0 Å². The zero-order valence-electron chi connectivity index (χ0n) is 13.0. The molecule has 108 valence electrons. The smallest absolute Gasteiger partial charge is 0.0630 e. The van der Waals surface area contributed by atoms with Crippen molar-refractivity contribution in [2.45, 2.75) is 58.0 Å². The molecule has 0 heterocycles. The van der Waals surface area contributed by atoms with Crippen molar-refractivity contribution in [2.24, 2.45) is 5.92 Å². The number of likely N-dealkylation sites (N-methyl/N-ethyl adjacent to an activating group) is 1. The third-order valence-corrected chi connectivity index (χ3v) is 3.87. The second kappa shape index (κ2) is 7.46. The van der Waals surface area contributed by atoms with E-state index in [1.165, 1.54) is 32.2 Å². The van der Waals surface area contributed by atoms with E-state index >= 15 is 0 Å². The minimum atomic E-state index is 0.181. The highest BCUT2D eigenvalue weighted by molar-refractivity contribution is 4.80. The maximum atomic E-state index is 5.37. The summed E-state index contributed by atoms with van der Waals surface area (Å²) in [5.74, 6) is 0.906. The molecule has 0 aromatic carbocycles. The molecule has 18 heavy (non-hydrogen) atoms. The van der Waals surface area contributed by atoms with Crippen LogP contribution in [0.1, 0.15) is 46.5 Å². The van der Waals surface area contributed by atoms with Gasteiger partial charge in [-0.2, -0.15) is 0 Å². The molecule has 3 heteroatoms. The Morgan fingerprint density at radius 1 is 1.28 bits per heavy atom. The molecule has 3 nitrogen and oxygen atoms in total. The molecule has 0 bridgehead atoms. The zero-order chi connectivity index (χ0) is 13.6. The van der Waals surface area contributed by atoms with Crippen molar-refractivity contribution in [1.82, 2.24) is 10.2 Å². The van der Waals surface area contributed by atoms with Crippen LogP contribution >= 0.6 is 0 Å². The van der Waals surface area contributed by atoms with Crippen LogP contribution in [0.3, 0.4) is 0 Å². The van der Waals surface area contributed by atoms with E-state index in [0.29, 0.717) is 6.04 Å². The van der Waals surface area contributed by atoms with Gasteiger partial charge in [0.15, 0.2) is 0 Å². The molecule has 1 saturated carbocycles. The minimum Gasteiger partial charge on any atom is -0.383 e. The maximum Gasteiger partial charge on any atom is 0.0630 e. The van der Waals surface area contributed by atoms with Crippen molar-refractivity contribution in [3.05, 3.63) is 0 Å². The summed E-state index contributed by atoms with van der Waals surface area (Å²) in [6.45, 7) is 9.68. The maximum absolute atomic E-state index is 5.37. The Bertz CT molecular complexity index is 219. The molecular weight excluding hydrogens is 224 g/mol. The molecule has 0 aliphatic heterocycles. The van der Waals surface area contributed by atoms with Crippen LogP contribution in [-0.4, -0.2) is 50.3 Å². The topological polar surface area (TPSA) is 24.5 Å². The molecule has 0 aromatic heterocycles. The number of ether oxygens (including phenoxy) is 1. The Balaban J connectivity index is 2.38. The van der Waals surface area contributed by atoms with E-state index in [0.717, 1.165) is 19.1 Å². The minimum absolute atomic E-state index is 0.181. The fraction of sp³-hybridized carbons (Fsp3) is 1.00. The number of rotatable bonds is 7. The fourth-order valence-electron chi connectivity index (χ4n) is 2.71. The predicted octanol–water partition coefficient (Wildman–Crippen LogP) is 2.51. The summed E-state index contributed by atoms with van der Waals surface area (Å²) in [6, 6.07) is 0.481. The van der Waals surface area contributed by atoms with E-state index in [2.05, 4.69) is 38.0 Å².